The SMILES string of the molecule is C[C@@H]1CCCN(C(=O)[C@H]2CCCN(c3cccc4c3C(=O)N(Cc3cccnc3)C4=O)C2)C1. The van der Waals surface area contributed by atoms with Crippen LogP contribution in [0, 0.1) is 11.8 Å². The van der Waals surface area contributed by atoms with E-state index < -0.39 is 0 Å². The molecule has 0 saturated carbocycles. The molecule has 0 unspecified atom stereocenters. The van der Waals surface area contributed by atoms with Crippen molar-refractivity contribution < 1.29 is 14.4 Å². The molecule has 1 aromatic carbocycles. The Morgan fingerprint density at radius 2 is 1.88 bits per heavy atom. The molecule has 0 radical (unpaired) electrons. The zero-order chi connectivity index (χ0) is 22.9. The first-order chi connectivity index (χ1) is 16.0. The summed E-state index contributed by atoms with van der Waals surface area (Å²) in [5, 5.41) is 0. The van der Waals surface area contributed by atoms with Gasteiger partial charge in [0.1, 0.15) is 0 Å². The number of anilines is 1. The fourth-order valence-electron chi connectivity index (χ4n) is 5.44. The Hall–Kier alpha value is -3.22. The van der Waals surface area contributed by atoms with Gasteiger partial charge in [0, 0.05) is 38.6 Å². The number of carbonyl (C=O) groups is 3. The second-order valence-corrected chi connectivity index (χ2v) is 9.57. The minimum atomic E-state index is -0.271. The number of aromatic nitrogens is 1. The minimum Gasteiger partial charge on any atom is -0.370 e. The van der Waals surface area contributed by atoms with E-state index in [0.29, 0.717) is 23.6 Å². The third-order valence-electron chi connectivity index (χ3n) is 7.12. The third-order valence-corrected chi connectivity index (χ3v) is 7.12. The largest absolute Gasteiger partial charge is 0.370 e. The van der Waals surface area contributed by atoms with Gasteiger partial charge in [0.15, 0.2) is 0 Å². The Morgan fingerprint density at radius 3 is 2.67 bits per heavy atom. The number of hydrogen-bond acceptors (Lipinski definition) is 5. The van der Waals surface area contributed by atoms with Crippen LogP contribution in [-0.4, -0.2) is 58.7 Å². The number of fused-ring (bicyclic) bond motifs is 1. The van der Waals surface area contributed by atoms with Gasteiger partial charge in [0.25, 0.3) is 11.8 Å². The normalized spacial score (nSPS) is 23.1. The summed E-state index contributed by atoms with van der Waals surface area (Å²) < 4.78 is 0. The molecule has 2 atom stereocenters. The lowest BCUT2D eigenvalue weighted by molar-refractivity contribution is -0.137. The summed E-state index contributed by atoms with van der Waals surface area (Å²) in [7, 11) is 0. The smallest absolute Gasteiger partial charge is 0.263 e. The molecule has 7 nitrogen and oxygen atoms in total. The molecule has 172 valence electrons. The van der Waals surface area contributed by atoms with Crippen molar-refractivity contribution in [3.05, 3.63) is 59.4 Å². The molecule has 5 rings (SSSR count). The van der Waals surface area contributed by atoms with E-state index in [2.05, 4.69) is 16.8 Å². The Balaban J connectivity index is 1.37. The average molecular weight is 447 g/mol. The van der Waals surface area contributed by atoms with Crippen LogP contribution in [0.4, 0.5) is 5.69 Å². The second-order valence-electron chi connectivity index (χ2n) is 9.57. The van der Waals surface area contributed by atoms with Gasteiger partial charge < -0.3 is 9.80 Å². The van der Waals surface area contributed by atoms with Crippen molar-refractivity contribution in [2.45, 2.75) is 39.2 Å². The lowest BCUT2D eigenvalue weighted by atomic mass is 9.93. The summed E-state index contributed by atoms with van der Waals surface area (Å²) in [6.45, 7) is 5.46. The zero-order valence-corrected chi connectivity index (χ0v) is 19.1. The summed E-state index contributed by atoms with van der Waals surface area (Å²) in [5.41, 5.74) is 2.49. The molecule has 7 heteroatoms. The van der Waals surface area contributed by atoms with Crippen molar-refractivity contribution >= 4 is 23.4 Å². The van der Waals surface area contributed by atoms with Gasteiger partial charge in [-0.2, -0.15) is 0 Å². The van der Waals surface area contributed by atoms with E-state index in [9.17, 15) is 14.4 Å². The Kier molecular flexibility index (Phi) is 5.87. The molecule has 3 aliphatic rings. The molecule has 2 aromatic rings. The molecule has 2 saturated heterocycles. The fraction of sp³-hybridized carbons (Fsp3) is 0.462. The average Bonchev–Trinajstić information content (AvgIpc) is 3.09. The predicted octanol–water partition coefficient (Wildman–Crippen LogP) is 3.35. The zero-order valence-electron chi connectivity index (χ0n) is 19.1. The van der Waals surface area contributed by atoms with E-state index in [0.717, 1.165) is 50.1 Å². The van der Waals surface area contributed by atoms with E-state index in [-0.39, 0.29) is 30.2 Å². The summed E-state index contributed by atoms with van der Waals surface area (Å²) in [6, 6.07) is 9.13. The lowest BCUT2D eigenvalue weighted by Crippen LogP contribution is -2.48. The van der Waals surface area contributed by atoms with Gasteiger partial charge in [-0.1, -0.05) is 19.1 Å². The van der Waals surface area contributed by atoms with Crippen LogP contribution < -0.4 is 4.90 Å². The molecule has 0 spiro atoms. The molecular formula is C26H30N4O3. The van der Waals surface area contributed by atoms with Crippen molar-refractivity contribution in [1.82, 2.24) is 14.8 Å². The maximum atomic E-state index is 13.4. The molecular weight excluding hydrogens is 416 g/mol. The Labute approximate surface area is 194 Å². The van der Waals surface area contributed by atoms with E-state index in [1.54, 1.807) is 24.5 Å². The van der Waals surface area contributed by atoms with Crippen LogP contribution >= 0.6 is 0 Å². The topological polar surface area (TPSA) is 73.8 Å². The number of nitrogens with zero attached hydrogens (tertiary/aromatic N) is 4. The molecule has 0 N–H and O–H groups in total. The summed E-state index contributed by atoms with van der Waals surface area (Å²) >= 11 is 0. The first-order valence-electron chi connectivity index (χ1n) is 11.9. The van der Waals surface area contributed by atoms with Crippen LogP contribution in [0.15, 0.2) is 42.7 Å². The number of carbonyl (C=O) groups excluding carboxylic acids is 3. The van der Waals surface area contributed by atoms with Gasteiger partial charge >= 0.3 is 0 Å². The highest BCUT2D eigenvalue weighted by atomic mass is 16.2. The molecule has 3 aliphatic heterocycles. The van der Waals surface area contributed by atoms with E-state index in [1.807, 2.05) is 23.1 Å². The van der Waals surface area contributed by atoms with E-state index in [1.165, 1.54) is 11.3 Å². The second kappa shape index (κ2) is 8.96. The number of amides is 3. The summed E-state index contributed by atoms with van der Waals surface area (Å²) in [5.74, 6) is 0.174. The number of hydrogen-bond donors (Lipinski definition) is 0. The summed E-state index contributed by atoms with van der Waals surface area (Å²) in [4.78, 5) is 49.2. The van der Waals surface area contributed by atoms with Gasteiger partial charge in [-0.05, 0) is 55.4 Å². The number of rotatable bonds is 4. The van der Waals surface area contributed by atoms with Crippen molar-refractivity contribution in [3.63, 3.8) is 0 Å². The highest BCUT2D eigenvalue weighted by Crippen LogP contribution is 2.35. The van der Waals surface area contributed by atoms with Crippen molar-refractivity contribution in [2.75, 3.05) is 31.1 Å². The molecule has 3 amide bonds. The number of benzene rings is 1. The van der Waals surface area contributed by atoms with Crippen LogP contribution in [-0.2, 0) is 11.3 Å². The van der Waals surface area contributed by atoms with Crippen molar-refractivity contribution in [1.29, 1.82) is 0 Å². The number of pyridine rings is 1. The maximum Gasteiger partial charge on any atom is 0.263 e. The lowest BCUT2D eigenvalue weighted by Gasteiger charge is -2.38. The quantitative estimate of drug-likeness (QED) is 0.674. The van der Waals surface area contributed by atoms with Gasteiger partial charge in [-0.15, -0.1) is 0 Å². The maximum absolute atomic E-state index is 13.4. The first kappa shape index (κ1) is 21.6. The molecule has 0 bridgehead atoms. The molecule has 0 aliphatic carbocycles. The Bertz CT molecular complexity index is 1070. The number of imide groups is 1. The monoisotopic (exact) mass is 446 g/mol. The molecule has 4 heterocycles. The van der Waals surface area contributed by atoms with E-state index >= 15 is 0 Å². The van der Waals surface area contributed by atoms with Crippen LogP contribution in [0.25, 0.3) is 0 Å². The first-order valence-corrected chi connectivity index (χ1v) is 11.9. The predicted molar refractivity (Wildman–Crippen MR) is 125 cm³/mol. The standard InChI is InChI=1S/C26H30N4O3/c1-18-6-4-13-29(15-18)24(31)20-8-5-12-28(17-20)22-10-2-9-21-23(22)26(33)30(25(21)32)16-19-7-3-11-27-14-19/h2-3,7,9-11,14,18,20H,4-6,8,12-13,15-17H2,1H3/t18-,20+/m1/s1. The van der Waals surface area contributed by atoms with Crippen molar-refractivity contribution in [2.24, 2.45) is 11.8 Å². The van der Waals surface area contributed by atoms with Gasteiger partial charge in [-0.25, -0.2) is 0 Å². The van der Waals surface area contributed by atoms with Gasteiger partial charge in [0.05, 0.1) is 29.3 Å². The van der Waals surface area contributed by atoms with Gasteiger partial charge in [0.2, 0.25) is 5.91 Å². The molecule has 2 fully saturated rings. The van der Waals surface area contributed by atoms with Crippen LogP contribution in [0.5, 0.6) is 0 Å². The van der Waals surface area contributed by atoms with Crippen LogP contribution in [0.1, 0.15) is 58.9 Å². The third kappa shape index (κ3) is 4.12. The van der Waals surface area contributed by atoms with E-state index in [4.69, 9.17) is 0 Å². The Morgan fingerprint density at radius 1 is 1.03 bits per heavy atom. The number of piperidine rings is 2. The summed E-state index contributed by atoms with van der Waals surface area (Å²) in [6.07, 6.45) is 7.36. The molecule has 33 heavy (non-hydrogen) atoms. The molecule has 1 aromatic heterocycles. The van der Waals surface area contributed by atoms with Crippen LogP contribution in [0.3, 0.4) is 0 Å². The highest BCUT2D eigenvalue weighted by Gasteiger charge is 2.40. The van der Waals surface area contributed by atoms with Crippen molar-refractivity contribution in [3.8, 4) is 0 Å². The van der Waals surface area contributed by atoms with Gasteiger partial charge in [-0.3, -0.25) is 24.3 Å². The number of likely N-dealkylation sites (tertiary alicyclic amines) is 1. The minimum absolute atomic E-state index is 0.0707. The van der Waals surface area contributed by atoms with Crippen LogP contribution in [0.2, 0.25) is 0 Å². The highest BCUT2D eigenvalue weighted by molar-refractivity contribution is 6.23. The fourth-order valence-corrected chi connectivity index (χ4v) is 5.44.